The van der Waals surface area contributed by atoms with Crippen molar-refractivity contribution in [2.24, 2.45) is 11.1 Å². The number of oxime groups is 1. The first-order chi connectivity index (χ1) is 10.1. The number of hydrogen-bond donors (Lipinski definition) is 1. The van der Waals surface area contributed by atoms with Crippen LogP contribution in [0.3, 0.4) is 0 Å². The highest BCUT2D eigenvalue weighted by Gasteiger charge is 2.22. The van der Waals surface area contributed by atoms with Crippen LogP contribution in [0, 0.1) is 5.92 Å². The number of nitrogens with one attached hydrogen (secondary N) is 1. The first-order valence-electron chi connectivity index (χ1n) is 7.35. The van der Waals surface area contributed by atoms with Crippen LogP contribution in [0.4, 0.5) is 0 Å². The van der Waals surface area contributed by atoms with Crippen LogP contribution in [0.15, 0.2) is 29.4 Å². The molecule has 1 aromatic rings. The van der Waals surface area contributed by atoms with Gasteiger partial charge in [-0.05, 0) is 36.5 Å². The summed E-state index contributed by atoms with van der Waals surface area (Å²) in [6.07, 6.45) is 6.24. The van der Waals surface area contributed by atoms with Crippen molar-refractivity contribution < 1.29 is 9.63 Å². The van der Waals surface area contributed by atoms with E-state index in [9.17, 15) is 4.79 Å². The van der Waals surface area contributed by atoms with Crippen molar-refractivity contribution >= 4 is 23.7 Å². The predicted octanol–water partition coefficient (Wildman–Crippen LogP) is 3.39. The van der Waals surface area contributed by atoms with Crippen LogP contribution in [-0.2, 0) is 9.63 Å². The zero-order chi connectivity index (χ0) is 15.1. The maximum Gasteiger partial charge on any atom is 0.261 e. The molecule has 0 saturated heterocycles. The van der Waals surface area contributed by atoms with Gasteiger partial charge < -0.3 is 10.2 Å². The van der Waals surface area contributed by atoms with E-state index in [2.05, 4.69) is 17.4 Å². The van der Waals surface area contributed by atoms with Crippen LogP contribution >= 0.6 is 11.6 Å². The van der Waals surface area contributed by atoms with Gasteiger partial charge in [0.1, 0.15) is 0 Å². The number of carbonyl (C=O) groups is 1. The van der Waals surface area contributed by atoms with E-state index in [1.807, 2.05) is 12.1 Å². The van der Waals surface area contributed by atoms with E-state index in [1.54, 1.807) is 18.3 Å². The SMILES string of the molecule is C[C@@H]1CCCC[C@@H]1NC(=O)CO/N=C\c1ccc(Cl)cc1. The minimum absolute atomic E-state index is 0.0483. The molecule has 0 bridgehead atoms. The van der Waals surface area contributed by atoms with Crippen molar-refractivity contribution in [2.75, 3.05) is 6.61 Å². The van der Waals surface area contributed by atoms with Crippen LogP contribution in [0.5, 0.6) is 0 Å². The number of hydrogen-bond acceptors (Lipinski definition) is 3. The number of amides is 1. The van der Waals surface area contributed by atoms with E-state index < -0.39 is 0 Å². The molecule has 5 heteroatoms. The second-order valence-corrected chi connectivity index (χ2v) is 5.93. The molecule has 1 fully saturated rings. The van der Waals surface area contributed by atoms with Gasteiger partial charge in [-0.2, -0.15) is 0 Å². The molecule has 0 spiro atoms. The average Bonchev–Trinajstić information content (AvgIpc) is 2.48. The fourth-order valence-electron chi connectivity index (χ4n) is 2.52. The van der Waals surface area contributed by atoms with Gasteiger partial charge in [0.2, 0.25) is 0 Å². The molecule has 0 radical (unpaired) electrons. The number of halogens is 1. The summed E-state index contributed by atoms with van der Waals surface area (Å²) in [6.45, 7) is 2.14. The van der Waals surface area contributed by atoms with Gasteiger partial charge in [-0.3, -0.25) is 4.79 Å². The summed E-state index contributed by atoms with van der Waals surface area (Å²) < 4.78 is 0. The number of carbonyl (C=O) groups excluding carboxylic acids is 1. The van der Waals surface area contributed by atoms with Crippen molar-refractivity contribution in [1.82, 2.24) is 5.32 Å². The maximum absolute atomic E-state index is 11.8. The third-order valence-corrected chi connectivity index (χ3v) is 4.05. The van der Waals surface area contributed by atoms with Gasteiger partial charge in [0, 0.05) is 11.1 Å². The standard InChI is InChI=1S/C16H21ClN2O2/c1-12-4-2-3-5-15(12)19-16(20)11-21-18-10-13-6-8-14(17)9-7-13/h6-10,12,15H,2-5,11H2,1H3,(H,19,20)/b18-10-/t12-,15+/m1/s1. The highest BCUT2D eigenvalue weighted by atomic mass is 35.5. The average molecular weight is 309 g/mol. The predicted molar refractivity (Wildman–Crippen MR) is 84.6 cm³/mol. The lowest BCUT2D eigenvalue weighted by atomic mass is 9.86. The third-order valence-electron chi connectivity index (χ3n) is 3.80. The third kappa shape index (κ3) is 5.38. The monoisotopic (exact) mass is 308 g/mol. The Balaban J connectivity index is 1.70. The molecule has 0 heterocycles. The van der Waals surface area contributed by atoms with Crippen molar-refractivity contribution in [2.45, 2.75) is 38.6 Å². The highest BCUT2D eigenvalue weighted by Crippen LogP contribution is 2.23. The van der Waals surface area contributed by atoms with Gasteiger partial charge in [-0.15, -0.1) is 0 Å². The van der Waals surface area contributed by atoms with Crippen molar-refractivity contribution in [3.05, 3.63) is 34.9 Å². The summed E-state index contributed by atoms with van der Waals surface area (Å²) in [5.74, 6) is 0.433. The second-order valence-electron chi connectivity index (χ2n) is 5.50. The molecule has 1 amide bonds. The Morgan fingerprint density at radius 3 is 2.81 bits per heavy atom. The highest BCUT2D eigenvalue weighted by molar-refractivity contribution is 6.30. The lowest BCUT2D eigenvalue weighted by molar-refractivity contribution is -0.126. The fraction of sp³-hybridized carbons (Fsp3) is 0.500. The first-order valence-corrected chi connectivity index (χ1v) is 7.73. The van der Waals surface area contributed by atoms with Crippen LogP contribution < -0.4 is 5.32 Å². The first kappa shape index (κ1) is 15.8. The fourth-order valence-corrected chi connectivity index (χ4v) is 2.65. The molecule has 1 aliphatic carbocycles. The summed E-state index contributed by atoms with van der Waals surface area (Å²) in [6, 6.07) is 7.49. The van der Waals surface area contributed by atoms with Crippen molar-refractivity contribution in [1.29, 1.82) is 0 Å². The molecule has 21 heavy (non-hydrogen) atoms. The molecule has 1 aromatic carbocycles. The largest absolute Gasteiger partial charge is 0.386 e. The van der Waals surface area contributed by atoms with Crippen LogP contribution in [0.2, 0.25) is 5.02 Å². The Morgan fingerprint density at radius 1 is 1.38 bits per heavy atom. The number of nitrogens with zero attached hydrogens (tertiary/aromatic N) is 1. The van der Waals surface area contributed by atoms with E-state index in [4.69, 9.17) is 16.4 Å². The molecule has 1 aliphatic rings. The maximum atomic E-state index is 11.8. The van der Waals surface area contributed by atoms with Crippen LogP contribution in [0.25, 0.3) is 0 Å². The smallest absolute Gasteiger partial charge is 0.261 e. The molecule has 0 aromatic heterocycles. The molecule has 1 saturated carbocycles. The van der Waals surface area contributed by atoms with E-state index in [1.165, 1.54) is 19.3 Å². The van der Waals surface area contributed by atoms with E-state index in [-0.39, 0.29) is 18.6 Å². The molecular formula is C16H21ClN2O2. The normalized spacial score (nSPS) is 22.2. The molecule has 2 atom stereocenters. The minimum atomic E-state index is -0.109. The Morgan fingerprint density at radius 2 is 2.10 bits per heavy atom. The second kappa shape index (κ2) is 8.03. The minimum Gasteiger partial charge on any atom is -0.386 e. The number of benzene rings is 1. The molecular weight excluding hydrogens is 288 g/mol. The van der Waals surface area contributed by atoms with Crippen molar-refractivity contribution in [3.63, 3.8) is 0 Å². The van der Waals surface area contributed by atoms with Crippen LogP contribution in [-0.4, -0.2) is 24.8 Å². The van der Waals surface area contributed by atoms with Gasteiger partial charge in [0.15, 0.2) is 6.61 Å². The van der Waals surface area contributed by atoms with Gasteiger partial charge >= 0.3 is 0 Å². The number of rotatable bonds is 5. The van der Waals surface area contributed by atoms with Gasteiger partial charge in [0.05, 0.1) is 6.21 Å². The Hall–Kier alpha value is -1.55. The van der Waals surface area contributed by atoms with E-state index in [0.29, 0.717) is 10.9 Å². The Bertz CT molecular complexity index is 488. The van der Waals surface area contributed by atoms with E-state index >= 15 is 0 Å². The van der Waals surface area contributed by atoms with Gasteiger partial charge in [-0.25, -0.2) is 0 Å². The zero-order valence-corrected chi connectivity index (χ0v) is 13.0. The summed E-state index contributed by atoms with van der Waals surface area (Å²) in [4.78, 5) is 16.8. The topological polar surface area (TPSA) is 50.7 Å². The lowest BCUT2D eigenvalue weighted by Gasteiger charge is -2.29. The molecule has 114 valence electrons. The summed E-state index contributed by atoms with van der Waals surface area (Å²) in [5, 5.41) is 7.49. The summed E-state index contributed by atoms with van der Waals surface area (Å²) in [5.41, 5.74) is 0.876. The van der Waals surface area contributed by atoms with Gasteiger partial charge in [0.25, 0.3) is 5.91 Å². The zero-order valence-electron chi connectivity index (χ0n) is 12.2. The summed E-state index contributed by atoms with van der Waals surface area (Å²) >= 11 is 5.79. The van der Waals surface area contributed by atoms with Crippen LogP contribution in [0.1, 0.15) is 38.2 Å². The Labute approximate surface area is 130 Å². The Kier molecular flexibility index (Phi) is 6.05. The molecule has 1 N–H and O–H groups in total. The quantitative estimate of drug-likeness (QED) is 0.669. The summed E-state index contributed by atoms with van der Waals surface area (Å²) in [7, 11) is 0. The van der Waals surface area contributed by atoms with Crippen molar-refractivity contribution in [3.8, 4) is 0 Å². The van der Waals surface area contributed by atoms with E-state index in [0.717, 1.165) is 12.0 Å². The lowest BCUT2D eigenvalue weighted by Crippen LogP contribution is -2.42. The molecule has 0 aliphatic heterocycles. The molecule has 2 rings (SSSR count). The molecule has 0 unspecified atom stereocenters. The molecule has 4 nitrogen and oxygen atoms in total. The van der Waals surface area contributed by atoms with Gasteiger partial charge in [-0.1, -0.05) is 48.7 Å².